The molecule has 4 fully saturated rings. The van der Waals surface area contributed by atoms with Crippen LogP contribution in [0.15, 0.2) is 35.9 Å². The number of halogens is 1. The second-order valence-electron chi connectivity index (χ2n) is 13.8. The third-order valence-electron chi connectivity index (χ3n) is 12.3. The Bertz CT molecular complexity index is 1170. The molecule has 1 spiro atoms. The largest absolute Gasteiger partial charge is 0.447 e. The summed E-state index contributed by atoms with van der Waals surface area (Å²) in [4.78, 5) is 29.9. The first-order valence-corrected chi connectivity index (χ1v) is 15.1. The first-order valence-electron chi connectivity index (χ1n) is 15.1. The van der Waals surface area contributed by atoms with Crippen LogP contribution >= 0.6 is 0 Å². The Kier molecular flexibility index (Phi) is 6.72. The van der Waals surface area contributed by atoms with E-state index < -0.39 is 12.1 Å². The topological polar surface area (TPSA) is 49.9 Å². The molecule has 0 bridgehead atoms. The predicted octanol–water partition coefficient (Wildman–Crippen LogP) is 6.15. The van der Waals surface area contributed by atoms with Gasteiger partial charge >= 0.3 is 5.97 Å². The lowest BCUT2D eigenvalue weighted by atomic mass is 9.47. The van der Waals surface area contributed by atoms with Gasteiger partial charge in [-0.25, -0.2) is 4.39 Å². The van der Waals surface area contributed by atoms with Crippen LogP contribution in [0.5, 0.6) is 0 Å². The summed E-state index contributed by atoms with van der Waals surface area (Å²) < 4.78 is 19.0. The van der Waals surface area contributed by atoms with E-state index in [1.54, 1.807) is 4.90 Å². The smallest absolute Gasteiger partial charge is 0.303 e. The van der Waals surface area contributed by atoms with Crippen molar-refractivity contribution in [3.63, 3.8) is 0 Å². The SMILES string of the molecule is CC(=O)OC(C(=O)N(C)C1CCC2(C)C(=CCC3C2CCC24CN(C)C(C)C2CCC34)C1)c1ccc(F)cc1. The van der Waals surface area contributed by atoms with Gasteiger partial charge < -0.3 is 14.5 Å². The fourth-order valence-electron chi connectivity index (χ4n) is 10.2. The number of esters is 1. The van der Waals surface area contributed by atoms with Gasteiger partial charge in [-0.2, -0.15) is 0 Å². The minimum absolute atomic E-state index is 0.0713. The van der Waals surface area contributed by atoms with Crippen LogP contribution in [-0.4, -0.2) is 54.4 Å². The molecular formula is C33H45FN2O3. The molecule has 9 unspecified atom stereocenters. The maximum Gasteiger partial charge on any atom is 0.303 e. The molecule has 1 aromatic rings. The van der Waals surface area contributed by atoms with Gasteiger partial charge in [-0.15, -0.1) is 0 Å². The van der Waals surface area contributed by atoms with E-state index in [0.29, 0.717) is 17.0 Å². The van der Waals surface area contributed by atoms with Gasteiger partial charge in [0.25, 0.3) is 5.91 Å². The molecule has 1 heterocycles. The van der Waals surface area contributed by atoms with E-state index in [-0.39, 0.29) is 23.2 Å². The van der Waals surface area contributed by atoms with Gasteiger partial charge in [0.05, 0.1) is 0 Å². The summed E-state index contributed by atoms with van der Waals surface area (Å²) in [5.74, 6) is 2.11. The number of amides is 1. The Hall–Kier alpha value is -2.21. The van der Waals surface area contributed by atoms with E-state index in [0.717, 1.165) is 42.9 Å². The summed E-state index contributed by atoms with van der Waals surface area (Å²) in [6.45, 7) is 7.56. The van der Waals surface area contributed by atoms with Gasteiger partial charge in [-0.1, -0.05) is 30.7 Å². The molecule has 1 aromatic carbocycles. The summed E-state index contributed by atoms with van der Waals surface area (Å²) in [5, 5.41) is 0. The Morgan fingerprint density at radius 1 is 1.08 bits per heavy atom. The molecule has 1 aliphatic heterocycles. The van der Waals surface area contributed by atoms with Crippen LogP contribution in [-0.2, 0) is 14.3 Å². The van der Waals surface area contributed by atoms with Gasteiger partial charge in [0, 0.05) is 38.2 Å². The molecule has 0 radical (unpaired) electrons. The lowest BCUT2D eigenvalue weighted by molar-refractivity contribution is -0.160. The Morgan fingerprint density at radius 3 is 2.51 bits per heavy atom. The Balaban J connectivity index is 1.20. The highest BCUT2D eigenvalue weighted by molar-refractivity contribution is 5.84. The molecule has 9 atom stereocenters. The van der Waals surface area contributed by atoms with E-state index in [9.17, 15) is 14.0 Å². The molecule has 212 valence electrons. The van der Waals surface area contributed by atoms with E-state index in [1.807, 2.05) is 7.05 Å². The van der Waals surface area contributed by atoms with E-state index >= 15 is 0 Å². The van der Waals surface area contributed by atoms with Crippen molar-refractivity contribution in [2.24, 2.45) is 34.5 Å². The van der Waals surface area contributed by atoms with Crippen LogP contribution in [0.25, 0.3) is 0 Å². The first kappa shape index (κ1) is 27.0. The standard InChI is InChI=1S/C33H45FN2O3/c1-20-27-12-13-29-26-11-8-23-18-25(14-16-32(23,3)28(26)15-17-33(27,29)19-35(20)4)36(5)31(38)30(39-21(2)37)22-6-9-24(34)10-7-22/h6-10,20,25-30H,11-19H2,1-5H3. The minimum Gasteiger partial charge on any atom is -0.447 e. The molecule has 3 saturated carbocycles. The number of rotatable bonds is 4. The summed E-state index contributed by atoms with van der Waals surface area (Å²) >= 11 is 0. The summed E-state index contributed by atoms with van der Waals surface area (Å²) in [7, 11) is 4.17. The van der Waals surface area contributed by atoms with E-state index in [2.05, 4.69) is 31.9 Å². The number of fused-ring (bicyclic) bond motifs is 4. The molecule has 6 heteroatoms. The van der Waals surface area contributed by atoms with Gasteiger partial charge in [0.1, 0.15) is 5.82 Å². The molecule has 4 aliphatic carbocycles. The third-order valence-corrected chi connectivity index (χ3v) is 12.3. The van der Waals surface area contributed by atoms with Crippen molar-refractivity contribution < 1.29 is 18.7 Å². The fourth-order valence-corrected chi connectivity index (χ4v) is 10.2. The van der Waals surface area contributed by atoms with Gasteiger partial charge in [-0.3, -0.25) is 9.59 Å². The molecule has 6 rings (SSSR count). The van der Waals surface area contributed by atoms with Crippen LogP contribution in [0, 0.1) is 40.3 Å². The molecule has 1 amide bonds. The van der Waals surface area contributed by atoms with Crippen LogP contribution in [0.2, 0.25) is 0 Å². The number of likely N-dealkylation sites (N-methyl/N-ethyl adjacent to an activating group) is 1. The monoisotopic (exact) mass is 536 g/mol. The summed E-state index contributed by atoms with van der Waals surface area (Å²) in [6, 6.07) is 6.46. The fraction of sp³-hybridized carbons (Fsp3) is 0.697. The molecule has 5 aliphatic rings. The first-order chi connectivity index (χ1) is 18.5. The Morgan fingerprint density at radius 2 is 1.79 bits per heavy atom. The zero-order chi connectivity index (χ0) is 27.7. The number of allylic oxidation sites excluding steroid dienone is 1. The quantitative estimate of drug-likeness (QED) is 0.342. The average molecular weight is 537 g/mol. The highest BCUT2D eigenvalue weighted by Gasteiger charge is 2.64. The zero-order valence-electron chi connectivity index (χ0n) is 24.3. The molecule has 39 heavy (non-hydrogen) atoms. The lowest BCUT2D eigenvalue weighted by Gasteiger charge is -2.58. The number of carbonyl (C=O) groups is 2. The number of ether oxygens (including phenoxy) is 1. The zero-order valence-corrected chi connectivity index (χ0v) is 24.3. The molecule has 0 aromatic heterocycles. The van der Waals surface area contributed by atoms with Crippen molar-refractivity contribution in [1.29, 1.82) is 0 Å². The molecule has 5 nitrogen and oxygen atoms in total. The van der Waals surface area contributed by atoms with Crippen molar-refractivity contribution in [2.45, 2.75) is 90.3 Å². The number of hydrogen-bond donors (Lipinski definition) is 0. The number of likely N-dealkylation sites (tertiary alicyclic amines) is 1. The van der Waals surface area contributed by atoms with Crippen molar-refractivity contribution in [1.82, 2.24) is 9.80 Å². The third kappa shape index (κ3) is 4.19. The second-order valence-corrected chi connectivity index (χ2v) is 13.8. The number of benzene rings is 1. The van der Waals surface area contributed by atoms with Crippen molar-refractivity contribution >= 4 is 11.9 Å². The highest BCUT2D eigenvalue weighted by Crippen LogP contribution is 2.68. The summed E-state index contributed by atoms with van der Waals surface area (Å²) in [6.07, 6.45) is 11.1. The molecule has 1 saturated heterocycles. The number of hydrogen-bond acceptors (Lipinski definition) is 4. The minimum atomic E-state index is -1.05. The normalized spacial score (nSPS) is 40.0. The van der Waals surface area contributed by atoms with Gasteiger partial charge in [0.15, 0.2) is 0 Å². The maximum absolute atomic E-state index is 13.6. The summed E-state index contributed by atoms with van der Waals surface area (Å²) in [5.41, 5.74) is 2.78. The van der Waals surface area contributed by atoms with Crippen LogP contribution in [0.4, 0.5) is 4.39 Å². The molecule has 0 N–H and O–H groups in total. The van der Waals surface area contributed by atoms with Gasteiger partial charge in [-0.05, 0) is 112 Å². The highest BCUT2D eigenvalue weighted by atomic mass is 19.1. The lowest BCUT2D eigenvalue weighted by Crippen LogP contribution is -2.53. The van der Waals surface area contributed by atoms with Crippen LogP contribution in [0.3, 0.4) is 0 Å². The number of carbonyl (C=O) groups excluding carboxylic acids is 2. The van der Waals surface area contributed by atoms with E-state index in [1.165, 1.54) is 75.4 Å². The van der Waals surface area contributed by atoms with Crippen LogP contribution in [0.1, 0.15) is 83.8 Å². The van der Waals surface area contributed by atoms with Gasteiger partial charge in [0.2, 0.25) is 6.10 Å². The van der Waals surface area contributed by atoms with Crippen LogP contribution < -0.4 is 0 Å². The van der Waals surface area contributed by atoms with Crippen molar-refractivity contribution in [3.8, 4) is 0 Å². The predicted molar refractivity (Wildman–Crippen MR) is 149 cm³/mol. The Labute approximate surface area is 233 Å². The van der Waals surface area contributed by atoms with Crippen molar-refractivity contribution in [2.75, 3.05) is 20.6 Å². The second kappa shape index (κ2) is 9.71. The van der Waals surface area contributed by atoms with Crippen molar-refractivity contribution in [3.05, 3.63) is 47.3 Å². The average Bonchev–Trinajstić information content (AvgIpc) is 3.39. The van der Waals surface area contributed by atoms with E-state index in [4.69, 9.17) is 4.74 Å². The maximum atomic E-state index is 13.6. The molecular weight excluding hydrogens is 491 g/mol. The number of nitrogens with zero attached hydrogens (tertiary/aromatic N) is 2.